The van der Waals surface area contributed by atoms with Crippen molar-refractivity contribution in [3.63, 3.8) is 0 Å². The standard InChI is InChI=1S/C24H20FNO5/c25-15-4-7-21-14(10-15)11-18(24(29)30-21)17-12-22(28)31-23-16(17)5-6-20(27)19(23)13-26-8-2-1-3-9-26/h4-7,10-12,27H,1-3,8-9,13H2. The van der Waals surface area contributed by atoms with E-state index in [1.807, 2.05) is 0 Å². The molecule has 2 aromatic carbocycles. The number of nitrogens with zero attached hydrogens (tertiary/aromatic N) is 1. The molecule has 6 nitrogen and oxygen atoms in total. The summed E-state index contributed by atoms with van der Waals surface area (Å²) in [4.78, 5) is 27.3. The molecule has 1 aliphatic heterocycles. The van der Waals surface area contributed by atoms with E-state index in [-0.39, 0.29) is 22.5 Å². The number of aromatic hydroxyl groups is 1. The predicted octanol–water partition coefficient (Wildman–Crippen LogP) is 4.40. The van der Waals surface area contributed by atoms with Gasteiger partial charge in [0.1, 0.15) is 22.7 Å². The molecule has 7 heteroatoms. The molecular weight excluding hydrogens is 401 g/mol. The van der Waals surface area contributed by atoms with E-state index < -0.39 is 17.1 Å². The minimum absolute atomic E-state index is 0.0333. The van der Waals surface area contributed by atoms with Crippen molar-refractivity contribution >= 4 is 21.9 Å². The van der Waals surface area contributed by atoms with E-state index in [2.05, 4.69) is 4.90 Å². The van der Waals surface area contributed by atoms with Crippen molar-refractivity contribution in [2.24, 2.45) is 0 Å². The van der Waals surface area contributed by atoms with Crippen LogP contribution in [0, 0.1) is 5.82 Å². The Labute approximate surface area is 176 Å². The Kier molecular flexibility index (Phi) is 4.82. The van der Waals surface area contributed by atoms with Crippen molar-refractivity contribution in [1.82, 2.24) is 4.90 Å². The minimum atomic E-state index is -0.647. The molecule has 1 aliphatic rings. The van der Waals surface area contributed by atoms with Crippen LogP contribution in [0.3, 0.4) is 0 Å². The lowest BCUT2D eigenvalue weighted by atomic mass is 9.99. The summed E-state index contributed by atoms with van der Waals surface area (Å²) >= 11 is 0. The Morgan fingerprint density at radius 1 is 0.935 bits per heavy atom. The number of fused-ring (bicyclic) bond motifs is 2. The van der Waals surface area contributed by atoms with Crippen LogP contribution in [0.2, 0.25) is 0 Å². The van der Waals surface area contributed by atoms with E-state index in [1.54, 1.807) is 6.07 Å². The second-order valence-electron chi connectivity index (χ2n) is 7.89. The first kappa shape index (κ1) is 19.5. The summed E-state index contributed by atoms with van der Waals surface area (Å²) in [6.45, 7) is 2.24. The lowest BCUT2D eigenvalue weighted by Crippen LogP contribution is -2.29. The normalized spacial score (nSPS) is 15.0. The zero-order chi connectivity index (χ0) is 21.5. The number of rotatable bonds is 3. The third-order valence-corrected chi connectivity index (χ3v) is 5.81. The molecule has 31 heavy (non-hydrogen) atoms. The molecule has 0 atom stereocenters. The number of piperidine rings is 1. The van der Waals surface area contributed by atoms with Gasteiger partial charge in [-0.2, -0.15) is 0 Å². The van der Waals surface area contributed by atoms with Crippen LogP contribution >= 0.6 is 0 Å². The molecule has 0 aliphatic carbocycles. The largest absolute Gasteiger partial charge is 0.507 e. The Hall–Kier alpha value is -3.45. The van der Waals surface area contributed by atoms with Gasteiger partial charge in [-0.1, -0.05) is 6.42 Å². The highest BCUT2D eigenvalue weighted by atomic mass is 19.1. The van der Waals surface area contributed by atoms with Gasteiger partial charge in [-0.15, -0.1) is 0 Å². The van der Waals surface area contributed by atoms with Crippen LogP contribution in [0.4, 0.5) is 4.39 Å². The molecule has 5 rings (SSSR count). The molecule has 0 unspecified atom stereocenters. The fourth-order valence-electron chi connectivity index (χ4n) is 4.27. The molecule has 3 heterocycles. The van der Waals surface area contributed by atoms with Crippen LogP contribution in [0.25, 0.3) is 33.1 Å². The third kappa shape index (κ3) is 3.61. The molecule has 0 bridgehead atoms. The lowest BCUT2D eigenvalue weighted by molar-refractivity contribution is 0.218. The van der Waals surface area contributed by atoms with Crippen molar-refractivity contribution in [3.05, 3.63) is 74.7 Å². The Morgan fingerprint density at radius 3 is 2.55 bits per heavy atom. The Bertz CT molecular complexity index is 1420. The quantitative estimate of drug-likeness (QED) is 0.494. The van der Waals surface area contributed by atoms with E-state index in [9.17, 15) is 19.1 Å². The highest BCUT2D eigenvalue weighted by molar-refractivity contribution is 5.97. The molecule has 2 aromatic heterocycles. The Morgan fingerprint density at radius 2 is 1.74 bits per heavy atom. The van der Waals surface area contributed by atoms with E-state index >= 15 is 0 Å². The maximum absolute atomic E-state index is 13.7. The molecule has 0 amide bonds. The average Bonchev–Trinajstić information content (AvgIpc) is 2.76. The summed E-state index contributed by atoms with van der Waals surface area (Å²) in [6.07, 6.45) is 3.33. The number of phenols is 1. The highest BCUT2D eigenvalue weighted by Crippen LogP contribution is 2.34. The van der Waals surface area contributed by atoms with Gasteiger partial charge in [-0.25, -0.2) is 14.0 Å². The summed E-state index contributed by atoms with van der Waals surface area (Å²) < 4.78 is 24.5. The van der Waals surface area contributed by atoms with Crippen LogP contribution in [0.5, 0.6) is 5.75 Å². The van der Waals surface area contributed by atoms with E-state index in [0.29, 0.717) is 28.4 Å². The van der Waals surface area contributed by atoms with Gasteiger partial charge < -0.3 is 13.9 Å². The Balaban J connectivity index is 1.72. The molecule has 1 saturated heterocycles. The predicted molar refractivity (Wildman–Crippen MR) is 115 cm³/mol. The van der Waals surface area contributed by atoms with Crippen LogP contribution in [-0.2, 0) is 6.54 Å². The number of hydrogen-bond acceptors (Lipinski definition) is 6. The molecule has 4 aromatic rings. The molecule has 0 spiro atoms. The first-order chi connectivity index (χ1) is 15.0. The first-order valence-corrected chi connectivity index (χ1v) is 10.2. The van der Waals surface area contributed by atoms with E-state index in [0.717, 1.165) is 25.9 Å². The molecule has 158 valence electrons. The van der Waals surface area contributed by atoms with E-state index in [1.165, 1.54) is 42.8 Å². The topological polar surface area (TPSA) is 83.9 Å². The van der Waals surface area contributed by atoms with Gasteiger partial charge in [0.2, 0.25) is 0 Å². The van der Waals surface area contributed by atoms with Crippen LogP contribution in [0.15, 0.2) is 60.9 Å². The molecule has 0 saturated carbocycles. The summed E-state index contributed by atoms with van der Waals surface area (Å²) in [5.41, 5.74) is 0.173. The highest BCUT2D eigenvalue weighted by Gasteiger charge is 2.20. The van der Waals surface area contributed by atoms with Crippen LogP contribution in [0.1, 0.15) is 24.8 Å². The van der Waals surface area contributed by atoms with Gasteiger partial charge in [0.05, 0.1) is 11.1 Å². The van der Waals surface area contributed by atoms with Crippen molar-refractivity contribution < 1.29 is 18.3 Å². The van der Waals surface area contributed by atoms with Gasteiger partial charge in [-0.05, 0) is 62.3 Å². The fraction of sp³-hybridized carbons (Fsp3) is 0.250. The number of halogens is 1. The summed E-state index contributed by atoms with van der Waals surface area (Å²) in [5, 5.41) is 11.4. The lowest BCUT2D eigenvalue weighted by Gasteiger charge is -2.26. The number of likely N-dealkylation sites (tertiary alicyclic amines) is 1. The molecule has 0 radical (unpaired) electrons. The van der Waals surface area contributed by atoms with Gasteiger partial charge in [-0.3, -0.25) is 4.90 Å². The second-order valence-corrected chi connectivity index (χ2v) is 7.89. The van der Waals surface area contributed by atoms with Crippen LogP contribution < -0.4 is 11.3 Å². The minimum Gasteiger partial charge on any atom is -0.507 e. The average molecular weight is 421 g/mol. The van der Waals surface area contributed by atoms with Gasteiger partial charge in [0, 0.05) is 28.9 Å². The monoisotopic (exact) mass is 421 g/mol. The SMILES string of the molecule is O=c1cc(-c2cc3cc(F)ccc3oc2=O)c2ccc(O)c(CN3CCCCC3)c2o1. The third-order valence-electron chi connectivity index (χ3n) is 5.81. The van der Waals surface area contributed by atoms with Gasteiger partial charge in [0.15, 0.2) is 0 Å². The molecule has 1 N–H and O–H groups in total. The van der Waals surface area contributed by atoms with Crippen molar-refractivity contribution in [3.8, 4) is 16.9 Å². The van der Waals surface area contributed by atoms with Crippen LogP contribution in [-0.4, -0.2) is 23.1 Å². The zero-order valence-corrected chi connectivity index (χ0v) is 16.7. The number of benzene rings is 2. The maximum atomic E-state index is 13.7. The fourth-order valence-corrected chi connectivity index (χ4v) is 4.27. The van der Waals surface area contributed by atoms with Crippen molar-refractivity contribution in [2.75, 3.05) is 13.1 Å². The first-order valence-electron chi connectivity index (χ1n) is 10.2. The zero-order valence-electron chi connectivity index (χ0n) is 16.7. The van der Waals surface area contributed by atoms with Crippen molar-refractivity contribution in [1.29, 1.82) is 0 Å². The summed E-state index contributed by atoms with van der Waals surface area (Å²) in [7, 11) is 0. The maximum Gasteiger partial charge on any atom is 0.344 e. The number of hydrogen-bond donors (Lipinski definition) is 1. The van der Waals surface area contributed by atoms with E-state index in [4.69, 9.17) is 8.83 Å². The van der Waals surface area contributed by atoms with Gasteiger partial charge >= 0.3 is 11.3 Å². The molecule has 1 fully saturated rings. The second kappa shape index (κ2) is 7.67. The summed E-state index contributed by atoms with van der Waals surface area (Å²) in [5.74, 6) is -0.426. The van der Waals surface area contributed by atoms with Gasteiger partial charge in [0.25, 0.3) is 0 Å². The summed E-state index contributed by atoms with van der Waals surface area (Å²) in [6, 6.07) is 9.75. The number of phenolic OH excluding ortho intramolecular Hbond substituents is 1. The smallest absolute Gasteiger partial charge is 0.344 e. The molecular formula is C24H20FNO5. The van der Waals surface area contributed by atoms with Crippen molar-refractivity contribution in [2.45, 2.75) is 25.8 Å².